The van der Waals surface area contributed by atoms with E-state index in [-0.39, 0.29) is 11.8 Å². The van der Waals surface area contributed by atoms with Gasteiger partial charge in [0.1, 0.15) is 0 Å². The normalized spacial score (nSPS) is 10.4. The number of hydrogen-bond donors (Lipinski definition) is 3. The van der Waals surface area contributed by atoms with Gasteiger partial charge in [0.25, 0.3) is 0 Å². The molecule has 3 N–H and O–H groups in total. The first kappa shape index (κ1) is 21.7. The molecule has 0 saturated heterocycles. The van der Waals surface area contributed by atoms with Crippen LogP contribution in [0, 0.1) is 12.3 Å². The van der Waals surface area contributed by atoms with Crippen molar-refractivity contribution in [2.24, 2.45) is 0 Å². The maximum Gasteiger partial charge on any atom is 0.243 e. The second-order valence-electron chi connectivity index (χ2n) is 6.42. The van der Waals surface area contributed by atoms with Gasteiger partial charge in [0, 0.05) is 25.1 Å². The van der Waals surface area contributed by atoms with Crippen LogP contribution in [0.3, 0.4) is 0 Å². The van der Waals surface area contributed by atoms with Gasteiger partial charge < -0.3 is 5.32 Å². The Morgan fingerprint density at radius 3 is 2.19 bits per heavy atom. The zero-order valence-corrected chi connectivity index (χ0v) is 15.5. The number of anilines is 1. The molecule has 0 fully saturated rings. The molecule has 0 aliphatic carbocycles. The molecule has 1 aromatic carbocycles. The highest BCUT2D eigenvalue weighted by Crippen LogP contribution is 2.13. The Balaban J connectivity index is 2.17. The molecule has 1 aromatic rings. The molecule has 0 spiro atoms. The second kappa shape index (κ2) is 12.9. The zero-order valence-electron chi connectivity index (χ0n) is 15.5. The summed E-state index contributed by atoms with van der Waals surface area (Å²) < 4.78 is 0. The summed E-state index contributed by atoms with van der Waals surface area (Å²) in [6, 6.07) is 7.79. The lowest BCUT2D eigenvalue weighted by molar-refractivity contribution is -0.129. The van der Waals surface area contributed by atoms with Gasteiger partial charge in [0.15, 0.2) is 0 Å². The molecule has 0 bridgehead atoms. The maximum atomic E-state index is 12.0. The highest BCUT2D eigenvalue weighted by Gasteiger charge is 2.04. The van der Waals surface area contributed by atoms with Gasteiger partial charge in [-0.25, -0.2) is 5.48 Å². The SMILES string of the molecule is C#CCN(C)Cc1ccc(NC(=O)CCCCCCCC(=O)NO)cc1. The van der Waals surface area contributed by atoms with Crippen molar-refractivity contribution >= 4 is 17.5 Å². The molecule has 0 saturated carbocycles. The van der Waals surface area contributed by atoms with E-state index >= 15 is 0 Å². The van der Waals surface area contributed by atoms with Crippen LogP contribution in [0.4, 0.5) is 5.69 Å². The number of carbonyl (C=O) groups excluding carboxylic acids is 2. The van der Waals surface area contributed by atoms with E-state index in [4.69, 9.17) is 11.6 Å². The minimum atomic E-state index is -0.349. The molecule has 0 atom stereocenters. The number of nitrogens with zero attached hydrogens (tertiary/aromatic N) is 1. The van der Waals surface area contributed by atoms with Crippen molar-refractivity contribution in [2.75, 3.05) is 18.9 Å². The summed E-state index contributed by atoms with van der Waals surface area (Å²) in [6.45, 7) is 1.38. The molecule has 0 aliphatic heterocycles. The first-order valence-corrected chi connectivity index (χ1v) is 8.99. The van der Waals surface area contributed by atoms with Gasteiger partial charge in [0.2, 0.25) is 11.8 Å². The number of amides is 2. The molecule has 6 nitrogen and oxygen atoms in total. The fraction of sp³-hybridized carbons (Fsp3) is 0.500. The van der Waals surface area contributed by atoms with Crippen molar-refractivity contribution < 1.29 is 14.8 Å². The van der Waals surface area contributed by atoms with Crippen LogP contribution in [-0.2, 0) is 16.1 Å². The van der Waals surface area contributed by atoms with Crippen LogP contribution in [0.25, 0.3) is 0 Å². The van der Waals surface area contributed by atoms with E-state index in [0.717, 1.165) is 49.9 Å². The smallest absolute Gasteiger partial charge is 0.243 e. The van der Waals surface area contributed by atoms with Gasteiger partial charge in [-0.15, -0.1) is 6.42 Å². The number of rotatable bonds is 12. The molecule has 142 valence electrons. The molecule has 6 heteroatoms. The number of hydrogen-bond acceptors (Lipinski definition) is 4. The largest absolute Gasteiger partial charge is 0.326 e. The van der Waals surface area contributed by atoms with Crippen molar-refractivity contribution in [1.82, 2.24) is 10.4 Å². The lowest BCUT2D eigenvalue weighted by Crippen LogP contribution is -2.17. The summed E-state index contributed by atoms with van der Waals surface area (Å²) in [7, 11) is 1.97. The Morgan fingerprint density at radius 1 is 1.04 bits per heavy atom. The molecule has 0 radical (unpaired) electrons. The average Bonchev–Trinajstić information content (AvgIpc) is 2.62. The van der Waals surface area contributed by atoms with Crippen molar-refractivity contribution in [3.8, 4) is 12.3 Å². The number of hydroxylamine groups is 1. The number of carbonyl (C=O) groups is 2. The van der Waals surface area contributed by atoms with E-state index in [0.29, 0.717) is 19.4 Å². The molecule has 0 aromatic heterocycles. The lowest BCUT2D eigenvalue weighted by Gasteiger charge is -2.13. The van der Waals surface area contributed by atoms with Crippen molar-refractivity contribution in [3.63, 3.8) is 0 Å². The van der Waals surface area contributed by atoms with E-state index in [2.05, 4.69) is 11.2 Å². The van der Waals surface area contributed by atoms with Gasteiger partial charge in [-0.1, -0.05) is 37.3 Å². The van der Waals surface area contributed by atoms with E-state index in [9.17, 15) is 9.59 Å². The molecule has 1 rings (SSSR count). The third-order valence-corrected chi connectivity index (χ3v) is 3.98. The third kappa shape index (κ3) is 9.82. The van der Waals surface area contributed by atoms with Crippen molar-refractivity contribution in [2.45, 2.75) is 51.5 Å². The molecular weight excluding hydrogens is 330 g/mol. The van der Waals surface area contributed by atoms with E-state index in [1.54, 1.807) is 5.48 Å². The summed E-state index contributed by atoms with van der Waals surface area (Å²) in [4.78, 5) is 24.8. The van der Waals surface area contributed by atoms with Crippen LogP contribution < -0.4 is 10.8 Å². The summed E-state index contributed by atoms with van der Waals surface area (Å²) in [6.07, 6.45) is 10.5. The predicted molar refractivity (Wildman–Crippen MR) is 102 cm³/mol. The van der Waals surface area contributed by atoms with E-state index in [1.165, 1.54) is 0 Å². The Hall–Kier alpha value is -2.36. The number of nitrogens with one attached hydrogen (secondary N) is 2. The van der Waals surface area contributed by atoms with Gasteiger partial charge >= 0.3 is 0 Å². The Labute approximate surface area is 155 Å². The van der Waals surface area contributed by atoms with Crippen LogP contribution in [0.1, 0.15) is 50.5 Å². The van der Waals surface area contributed by atoms with Crippen LogP contribution in [0.15, 0.2) is 24.3 Å². The van der Waals surface area contributed by atoms with E-state index in [1.807, 2.05) is 36.2 Å². The Bertz CT molecular complexity index is 593. The summed E-state index contributed by atoms with van der Waals surface area (Å²) in [5, 5.41) is 11.3. The Morgan fingerprint density at radius 2 is 1.62 bits per heavy atom. The quantitative estimate of drug-likeness (QED) is 0.232. The van der Waals surface area contributed by atoms with Gasteiger partial charge in [-0.2, -0.15) is 0 Å². The van der Waals surface area contributed by atoms with Crippen LogP contribution in [-0.4, -0.2) is 35.5 Å². The predicted octanol–water partition coefficient (Wildman–Crippen LogP) is 2.93. The van der Waals surface area contributed by atoms with Crippen molar-refractivity contribution in [1.29, 1.82) is 0 Å². The lowest BCUT2D eigenvalue weighted by atomic mass is 10.1. The Kier molecular flexibility index (Phi) is 10.8. The molecular formula is C20H29N3O3. The molecule has 2 amide bonds. The van der Waals surface area contributed by atoms with Gasteiger partial charge in [-0.05, 0) is 37.6 Å². The minimum Gasteiger partial charge on any atom is -0.326 e. The standard InChI is InChI=1S/C20H29N3O3/c1-3-15-23(2)16-17-11-13-18(14-12-17)21-19(24)9-7-5-4-6-8-10-20(25)22-26/h1,11-14,26H,4-10,15-16H2,2H3,(H,21,24)(H,22,25). The molecule has 0 aliphatic rings. The first-order chi connectivity index (χ1) is 12.5. The van der Waals surface area contributed by atoms with Gasteiger partial charge in [-0.3, -0.25) is 19.7 Å². The van der Waals surface area contributed by atoms with Crippen LogP contribution in [0.2, 0.25) is 0 Å². The number of benzene rings is 1. The summed E-state index contributed by atoms with van der Waals surface area (Å²) in [5.41, 5.74) is 3.57. The first-order valence-electron chi connectivity index (χ1n) is 8.99. The number of terminal acetylenes is 1. The molecule has 0 unspecified atom stereocenters. The average molecular weight is 359 g/mol. The second-order valence-corrected chi connectivity index (χ2v) is 6.42. The monoisotopic (exact) mass is 359 g/mol. The van der Waals surface area contributed by atoms with Crippen molar-refractivity contribution in [3.05, 3.63) is 29.8 Å². The maximum absolute atomic E-state index is 12.0. The summed E-state index contributed by atoms with van der Waals surface area (Å²) in [5.74, 6) is 2.28. The minimum absolute atomic E-state index is 0.0156. The van der Waals surface area contributed by atoms with E-state index < -0.39 is 0 Å². The zero-order chi connectivity index (χ0) is 19.2. The van der Waals surface area contributed by atoms with Gasteiger partial charge in [0.05, 0.1) is 6.54 Å². The number of unbranched alkanes of at least 4 members (excludes halogenated alkanes) is 4. The fourth-order valence-corrected chi connectivity index (χ4v) is 2.60. The molecule has 26 heavy (non-hydrogen) atoms. The third-order valence-electron chi connectivity index (χ3n) is 3.98. The topological polar surface area (TPSA) is 81.7 Å². The molecule has 0 heterocycles. The fourth-order valence-electron chi connectivity index (χ4n) is 2.60. The highest BCUT2D eigenvalue weighted by atomic mass is 16.5. The van der Waals surface area contributed by atoms with Crippen LogP contribution in [0.5, 0.6) is 0 Å². The van der Waals surface area contributed by atoms with Crippen LogP contribution >= 0.6 is 0 Å². The summed E-state index contributed by atoms with van der Waals surface area (Å²) >= 11 is 0. The highest BCUT2D eigenvalue weighted by molar-refractivity contribution is 5.90.